The van der Waals surface area contributed by atoms with Gasteiger partial charge in [-0.05, 0) is 29.3 Å². The summed E-state index contributed by atoms with van der Waals surface area (Å²) in [6.45, 7) is 0.502. The Morgan fingerprint density at radius 2 is 1.76 bits per heavy atom. The second-order valence-electron chi connectivity index (χ2n) is 4.77. The third-order valence-electron chi connectivity index (χ3n) is 3.25. The molecule has 1 heterocycles. The highest BCUT2D eigenvalue weighted by Crippen LogP contribution is 2.29. The fourth-order valence-electron chi connectivity index (χ4n) is 2.11. The molecule has 0 bridgehead atoms. The monoisotopic (exact) mass is 276 g/mol. The average Bonchev–Trinajstić information content (AvgIpc) is 2.56. The minimum Gasteiger partial charge on any atom is -0.487 e. The van der Waals surface area contributed by atoms with E-state index in [0.717, 1.165) is 16.7 Å². The van der Waals surface area contributed by atoms with Gasteiger partial charge in [0.15, 0.2) is 0 Å². The summed E-state index contributed by atoms with van der Waals surface area (Å²) in [7, 11) is 0. The van der Waals surface area contributed by atoms with E-state index in [1.165, 1.54) is 0 Å². The largest absolute Gasteiger partial charge is 0.487 e. The van der Waals surface area contributed by atoms with Crippen molar-refractivity contribution >= 4 is 5.69 Å². The number of rotatable bonds is 4. The van der Waals surface area contributed by atoms with Crippen molar-refractivity contribution in [1.82, 2.24) is 4.98 Å². The first-order valence-corrected chi connectivity index (χ1v) is 6.79. The Balaban J connectivity index is 1.82. The lowest BCUT2D eigenvalue weighted by Gasteiger charge is -2.11. The van der Waals surface area contributed by atoms with Gasteiger partial charge in [-0.15, -0.1) is 0 Å². The number of ether oxygens (including phenoxy) is 1. The van der Waals surface area contributed by atoms with Crippen LogP contribution in [-0.4, -0.2) is 4.98 Å². The molecule has 3 aromatic rings. The van der Waals surface area contributed by atoms with Crippen molar-refractivity contribution in [3.05, 3.63) is 78.6 Å². The van der Waals surface area contributed by atoms with Crippen LogP contribution >= 0.6 is 0 Å². The minimum atomic E-state index is 0.502. The number of pyridine rings is 1. The topological polar surface area (TPSA) is 48.1 Å². The second-order valence-corrected chi connectivity index (χ2v) is 4.77. The van der Waals surface area contributed by atoms with Gasteiger partial charge in [0, 0.05) is 18.0 Å². The number of hydrogen-bond acceptors (Lipinski definition) is 3. The number of nitrogens with two attached hydrogens (primary N) is 1. The Bertz CT molecular complexity index is 712. The van der Waals surface area contributed by atoms with E-state index in [9.17, 15) is 0 Å². The number of aromatic nitrogens is 1. The average molecular weight is 276 g/mol. The number of nitrogens with zero attached hydrogens (tertiary/aromatic N) is 1. The lowest BCUT2D eigenvalue weighted by atomic mass is 10.1. The third kappa shape index (κ3) is 3.20. The highest BCUT2D eigenvalue weighted by atomic mass is 16.5. The standard InChI is InChI=1S/C18H16N2O/c19-17-9-8-15(16-7-4-10-20-12-16)11-18(17)21-13-14-5-2-1-3-6-14/h1-12H,13,19H2. The lowest BCUT2D eigenvalue weighted by molar-refractivity contribution is 0.308. The molecule has 3 rings (SSSR count). The van der Waals surface area contributed by atoms with Gasteiger partial charge in [0.05, 0.1) is 5.69 Å². The van der Waals surface area contributed by atoms with Crippen LogP contribution < -0.4 is 10.5 Å². The highest BCUT2D eigenvalue weighted by molar-refractivity contribution is 5.69. The molecule has 21 heavy (non-hydrogen) atoms. The zero-order valence-corrected chi connectivity index (χ0v) is 11.6. The van der Waals surface area contributed by atoms with Crippen molar-refractivity contribution in [1.29, 1.82) is 0 Å². The molecule has 0 aliphatic rings. The minimum absolute atomic E-state index is 0.502. The van der Waals surface area contributed by atoms with Gasteiger partial charge in [0.25, 0.3) is 0 Å². The molecular formula is C18H16N2O. The summed E-state index contributed by atoms with van der Waals surface area (Å²) < 4.78 is 5.84. The number of nitrogen functional groups attached to an aromatic ring is 1. The van der Waals surface area contributed by atoms with Crippen LogP contribution in [0.25, 0.3) is 11.1 Å². The SMILES string of the molecule is Nc1ccc(-c2cccnc2)cc1OCc1ccccc1. The van der Waals surface area contributed by atoms with Crippen molar-refractivity contribution in [3.63, 3.8) is 0 Å². The number of hydrogen-bond donors (Lipinski definition) is 1. The number of anilines is 1. The second kappa shape index (κ2) is 6.09. The van der Waals surface area contributed by atoms with Gasteiger partial charge < -0.3 is 10.5 Å². The van der Waals surface area contributed by atoms with E-state index in [0.29, 0.717) is 18.0 Å². The summed E-state index contributed by atoms with van der Waals surface area (Å²) in [6.07, 6.45) is 3.58. The fourth-order valence-corrected chi connectivity index (χ4v) is 2.11. The fraction of sp³-hybridized carbons (Fsp3) is 0.0556. The van der Waals surface area contributed by atoms with Crippen molar-refractivity contribution in [2.24, 2.45) is 0 Å². The normalized spacial score (nSPS) is 10.3. The van der Waals surface area contributed by atoms with Crippen LogP contribution in [0.2, 0.25) is 0 Å². The van der Waals surface area contributed by atoms with Gasteiger partial charge in [-0.3, -0.25) is 4.98 Å². The molecule has 3 heteroatoms. The Morgan fingerprint density at radius 3 is 2.52 bits per heavy atom. The molecule has 0 aliphatic heterocycles. The van der Waals surface area contributed by atoms with Gasteiger partial charge in [-0.1, -0.05) is 42.5 Å². The molecule has 0 amide bonds. The molecule has 0 unspecified atom stereocenters. The van der Waals surface area contributed by atoms with Crippen LogP contribution in [0.3, 0.4) is 0 Å². The summed E-state index contributed by atoms with van der Waals surface area (Å²) >= 11 is 0. The summed E-state index contributed by atoms with van der Waals surface area (Å²) in [4.78, 5) is 4.13. The predicted octanol–water partition coefficient (Wildman–Crippen LogP) is 3.91. The van der Waals surface area contributed by atoms with E-state index >= 15 is 0 Å². The summed E-state index contributed by atoms with van der Waals surface area (Å²) in [5, 5.41) is 0. The van der Waals surface area contributed by atoms with Crippen LogP contribution in [0, 0.1) is 0 Å². The Hall–Kier alpha value is -2.81. The first-order valence-electron chi connectivity index (χ1n) is 6.79. The molecule has 2 aromatic carbocycles. The zero-order valence-electron chi connectivity index (χ0n) is 11.6. The van der Waals surface area contributed by atoms with Crippen LogP contribution in [-0.2, 0) is 6.61 Å². The molecule has 1 aromatic heterocycles. The molecule has 0 aliphatic carbocycles. The van der Waals surface area contributed by atoms with E-state index in [1.54, 1.807) is 6.20 Å². The summed E-state index contributed by atoms with van der Waals surface area (Å²) in [5.74, 6) is 0.695. The smallest absolute Gasteiger partial charge is 0.143 e. The third-order valence-corrected chi connectivity index (χ3v) is 3.25. The molecule has 3 nitrogen and oxygen atoms in total. The van der Waals surface area contributed by atoms with Gasteiger partial charge in [0.2, 0.25) is 0 Å². The Morgan fingerprint density at radius 1 is 0.905 bits per heavy atom. The summed E-state index contributed by atoms with van der Waals surface area (Å²) in [6, 6.07) is 19.8. The van der Waals surface area contributed by atoms with Crippen molar-refractivity contribution in [2.45, 2.75) is 6.61 Å². The van der Waals surface area contributed by atoms with E-state index in [4.69, 9.17) is 10.5 Å². The molecule has 104 valence electrons. The van der Waals surface area contributed by atoms with Gasteiger partial charge in [0.1, 0.15) is 12.4 Å². The lowest BCUT2D eigenvalue weighted by Crippen LogP contribution is -1.99. The quantitative estimate of drug-likeness (QED) is 0.735. The molecule has 2 N–H and O–H groups in total. The van der Waals surface area contributed by atoms with Crippen molar-refractivity contribution < 1.29 is 4.74 Å². The zero-order chi connectivity index (χ0) is 14.5. The van der Waals surface area contributed by atoms with Crippen molar-refractivity contribution in [2.75, 3.05) is 5.73 Å². The van der Waals surface area contributed by atoms with Crippen LogP contribution in [0.5, 0.6) is 5.75 Å². The van der Waals surface area contributed by atoms with Crippen LogP contribution in [0.15, 0.2) is 73.1 Å². The molecular weight excluding hydrogens is 260 g/mol. The van der Waals surface area contributed by atoms with E-state index < -0.39 is 0 Å². The van der Waals surface area contributed by atoms with E-state index in [2.05, 4.69) is 4.98 Å². The van der Waals surface area contributed by atoms with E-state index in [1.807, 2.05) is 66.9 Å². The maximum atomic E-state index is 5.99. The molecule has 0 radical (unpaired) electrons. The molecule has 0 spiro atoms. The Labute approximate surface area is 124 Å². The molecule has 0 saturated heterocycles. The maximum absolute atomic E-state index is 5.99. The first kappa shape index (κ1) is 13.2. The van der Waals surface area contributed by atoms with Crippen LogP contribution in [0.4, 0.5) is 5.69 Å². The van der Waals surface area contributed by atoms with Crippen LogP contribution in [0.1, 0.15) is 5.56 Å². The molecule has 0 saturated carbocycles. The van der Waals surface area contributed by atoms with Gasteiger partial charge in [-0.2, -0.15) is 0 Å². The first-order chi connectivity index (χ1) is 10.3. The maximum Gasteiger partial charge on any atom is 0.143 e. The predicted molar refractivity (Wildman–Crippen MR) is 84.9 cm³/mol. The number of benzene rings is 2. The Kier molecular flexibility index (Phi) is 3.83. The van der Waals surface area contributed by atoms with Gasteiger partial charge in [-0.25, -0.2) is 0 Å². The highest BCUT2D eigenvalue weighted by Gasteiger charge is 2.05. The van der Waals surface area contributed by atoms with E-state index in [-0.39, 0.29) is 0 Å². The molecule has 0 atom stereocenters. The summed E-state index contributed by atoms with van der Waals surface area (Å²) in [5.41, 5.74) is 9.83. The molecule has 0 fully saturated rings. The van der Waals surface area contributed by atoms with Crippen molar-refractivity contribution in [3.8, 4) is 16.9 Å². The van der Waals surface area contributed by atoms with Gasteiger partial charge >= 0.3 is 0 Å².